The predicted molar refractivity (Wildman–Crippen MR) is 114 cm³/mol. The Labute approximate surface area is 168 Å². The topological polar surface area (TPSA) is 36.4 Å². The lowest BCUT2D eigenvalue weighted by Gasteiger charge is -2.33. The van der Waals surface area contributed by atoms with Gasteiger partial charge in [-0.15, -0.1) is 0 Å². The number of hydrogen-bond donors (Lipinski definition) is 0. The first-order chi connectivity index (χ1) is 13.7. The van der Waals surface area contributed by atoms with E-state index >= 15 is 0 Å². The lowest BCUT2D eigenvalue weighted by molar-refractivity contribution is 0.0683. The summed E-state index contributed by atoms with van der Waals surface area (Å²) in [7, 11) is 0. The molecule has 3 heterocycles. The van der Waals surface area contributed by atoms with E-state index in [0.29, 0.717) is 5.92 Å². The van der Waals surface area contributed by atoms with E-state index in [9.17, 15) is 4.79 Å². The van der Waals surface area contributed by atoms with Crippen molar-refractivity contribution in [2.45, 2.75) is 39.0 Å². The molecule has 0 radical (unpaired) electrons. The highest BCUT2D eigenvalue weighted by atomic mass is 16.2. The van der Waals surface area contributed by atoms with Crippen LogP contribution < -0.4 is 4.90 Å². The third kappa shape index (κ3) is 4.54. The molecule has 0 N–H and O–H groups in total. The smallest absolute Gasteiger partial charge is 0.254 e. The Morgan fingerprint density at radius 1 is 1.07 bits per heavy atom. The van der Waals surface area contributed by atoms with Crippen molar-refractivity contribution in [3.8, 4) is 0 Å². The van der Waals surface area contributed by atoms with Crippen LogP contribution in [0.15, 0.2) is 48.7 Å². The number of likely N-dealkylation sites (tertiary alicyclic amines) is 1. The maximum absolute atomic E-state index is 12.9. The van der Waals surface area contributed by atoms with E-state index in [4.69, 9.17) is 0 Å². The van der Waals surface area contributed by atoms with Gasteiger partial charge in [0.05, 0.1) is 0 Å². The van der Waals surface area contributed by atoms with Crippen LogP contribution in [0.25, 0.3) is 0 Å². The second kappa shape index (κ2) is 8.76. The van der Waals surface area contributed by atoms with Crippen molar-refractivity contribution in [1.82, 2.24) is 9.88 Å². The second-order valence-corrected chi connectivity index (χ2v) is 8.52. The number of carbonyl (C=O) groups excluding carboxylic acids is 1. The van der Waals surface area contributed by atoms with Gasteiger partial charge in [-0.25, -0.2) is 4.98 Å². The molecular formula is C24H31N3O. The number of aromatic nitrogens is 1. The van der Waals surface area contributed by atoms with Crippen molar-refractivity contribution in [3.63, 3.8) is 0 Å². The molecule has 4 nitrogen and oxygen atoms in total. The zero-order valence-electron chi connectivity index (χ0n) is 16.9. The average Bonchev–Trinajstić information content (AvgIpc) is 2.75. The van der Waals surface area contributed by atoms with Crippen molar-refractivity contribution in [2.24, 2.45) is 11.8 Å². The minimum atomic E-state index is 0.161. The highest BCUT2D eigenvalue weighted by Gasteiger charge is 2.24. The van der Waals surface area contributed by atoms with Crippen LogP contribution in [-0.4, -0.2) is 42.0 Å². The van der Waals surface area contributed by atoms with Crippen molar-refractivity contribution in [3.05, 3.63) is 59.8 Å². The van der Waals surface area contributed by atoms with Gasteiger partial charge in [-0.1, -0.05) is 37.3 Å². The monoisotopic (exact) mass is 377 g/mol. The largest absolute Gasteiger partial charge is 0.357 e. The minimum absolute atomic E-state index is 0.161. The fourth-order valence-corrected chi connectivity index (χ4v) is 4.59. The number of hydrogen-bond acceptors (Lipinski definition) is 3. The molecular weight excluding hydrogens is 346 g/mol. The fraction of sp³-hybridized carbons (Fsp3) is 0.500. The Bertz CT molecular complexity index is 783. The first kappa shape index (κ1) is 19.0. The summed E-state index contributed by atoms with van der Waals surface area (Å²) >= 11 is 0. The van der Waals surface area contributed by atoms with E-state index in [2.05, 4.69) is 47.1 Å². The lowest BCUT2D eigenvalue weighted by Crippen LogP contribution is -2.39. The molecule has 0 bridgehead atoms. The molecule has 0 aliphatic carbocycles. The van der Waals surface area contributed by atoms with Gasteiger partial charge < -0.3 is 9.80 Å². The van der Waals surface area contributed by atoms with E-state index in [-0.39, 0.29) is 5.91 Å². The van der Waals surface area contributed by atoms with E-state index < -0.39 is 0 Å². The van der Waals surface area contributed by atoms with Gasteiger partial charge in [0.15, 0.2) is 0 Å². The summed E-state index contributed by atoms with van der Waals surface area (Å²) in [6.45, 7) is 6.02. The van der Waals surface area contributed by atoms with Crippen molar-refractivity contribution in [1.29, 1.82) is 0 Å². The van der Waals surface area contributed by atoms with Gasteiger partial charge in [-0.05, 0) is 61.6 Å². The van der Waals surface area contributed by atoms with Crippen LogP contribution in [0.5, 0.6) is 0 Å². The Hall–Kier alpha value is -2.36. The average molecular weight is 378 g/mol. The Morgan fingerprint density at radius 3 is 2.61 bits per heavy atom. The summed E-state index contributed by atoms with van der Waals surface area (Å²) < 4.78 is 0. The SMILES string of the molecule is CC1CCCN(C(=O)c2ccnc(N3CCC(Cc4ccccc4)CC3)c2)C1. The number of pyridine rings is 1. The van der Waals surface area contributed by atoms with Gasteiger partial charge >= 0.3 is 0 Å². The molecule has 1 atom stereocenters. The van der Waals surface area contributed by atoms with Crippen LogP contribution in [0.2, 0.25) is 0 Å². The normalized spacial score (nSPS) is 21.0. The van der Waals surface area contributed by atoms with E-state index in [1.165, 1.54) is 24.8 Å². The van der Waals surface area contributed by atoms with Crippen molar-refractivity contribution in [2.75, 3.05) is 31.1 Å². The van der Waals surface area contributed by atoms with E-state index in [1.807, 2.05) is 17.0 Å². The number of piperidine rings is 2. The third-order valence-electron chi connectivity index (χ3n) is 6.24. The van der Waals surface area contributed by atoms with Crippen molar-refractivity contribution >= 4 is 11.7 Å². The fourth-order valence-electron chi connectivity index (χ4n) is 4.59. The summed E-state index contributed by atoms with van der Waals surface area (Å²) in [5, 5.41) is 0. The molecule has 1 unspecified atom stereocenters. The Morgan fingerprint density at radius 2 is 1.86 bits per heavy atom. The maximum atomic E-state index is 12.9. The van der Waals surface area contributed by atoms with Gasteiger partial charge in [0.1, 0.15) is 5.82 Å². The summed E-state index contributed by atoms with van der Waals surface area (Å²) in [6, 6.07) is 14.7. The predicted octanol–water partition coefficient (Wildman–Crippen LogP) is 4.41. The molecule has 28 heavy (non-hydrogen) atoms. The van der Waals surface area contributed by atoms with Crippen LogP contribution in [0.4, 0.5) is 5.82 Å². The number of nitrogens with zero attached hydrogens (tertiary/aromatic N) is 3. The van der Waals surface area contributed by atoms with Gasteiger partial charge in [-0.3, -0.25) is 4.79 Å². The first-order valence-corrected chi connectivity index (χ1v) is 10.7. The summed E-state index contributed by atoms with van der Waals surface area (Å²) in [6.07, 6.45) is 7.65. The number of amides is 1. The molecule has 0 spiro atoms. The van der Waals surface area contributed by atoms with Crippen LogP contribution in [0, 0.1) is 11.8 Å². The van der Waals surface area contributed by atoms with Crippen LogP contribution in [0.3, 0.4) is 0 Å². The molecule has 1 aromatic carbocycles. The summed E-state index contributed by atoms with van der Waals surface area (Å²) in [4.78, 5) is 21.8. The van der Waals surface area contributed by atoms with E-state index in [0.717, 1.165) is 56.3 Å². The second-order valence-electron chi connectivity index (χ2n) is 8.52. The zero-order chi connectivity index (χ0) is 19.3. The molecule has 0 saturated carbocycles. The number of benzene rings is 1. The van der Waals surface area contributed by atoms with Crippen LogP contribution >= 0.6 is 0 Å². The molecule has 2 saturated heterocycles. The van der Waals surface area contributed by atoms with Gasteiger partial charge in [0.25, 0.3) is 5.91 Å². The number of anilines is 1. The minimum Gasteiger partial charge on any atom is -0.357 e. The Balaban J connectivity index is 1.36. The summed E-state index contributed by atoms with van der Waals surface area (Å²) in [5.41, 5.74) is 2.22. The van der Waals surface area contributed by atoms with E-state index in [1.54, 1.807) is 6.20 Å². The highest BCUT2D eigenvalue weighted by molar-refractivity contribution is 5.95. The molecule has 1 aromatic heterocycles. The number of rotatable bonds is 4. The van der Waals surface area contributed by atoms with Crippen LogP contribution in [-0.2, 0) is 6.42 Å². The maximum Gasteiger partial charge on any atom is 0.254 e. The highest BCUT2D eigenvalue weighted by Crippen LogP contribution is 2.26. The molecule has 148 valence electrons. The molecule has 2 aliphatic rings. The number of carbonyl (C=O) groups is 1. The molecule has 1 amide bonds. The standard InChI is InChI=1S/C24H31N3O/c1-19-6-5-13-27(18-19)24(28)22-9-12-25-23(17-22)26-14-10-21(11-15-26)16-20-7-3-2-4-8-20/h2-4,7-9,12,17,19,21H,5-6,10-11,13-16,18H2,1H3. The zero-order valence-corrected chi connectivity index (χ0v) is 16.9. The molecule has 2 aromatic rings. The molecule has 2 fully saturated rings. The first-order valence-electron chi connectivity index (χ1n) is 10.7. The van der Waals surface area contributed by atoms with Gasteiger partial charge in [0.2, 0.25) is 0 Å². The molecule has 4 rings (SSSR count). The van der Waals surface area contributed by atoms with Gasteiger partial charge in [-0.2, -0.15) is 0 Å². The molecule has 4 heteroatoms. The lowest BCUT2D eigenvalue weighted by atomic mass is 9.90. The third-order valence-corrected chi connectivity index (χ3v) is 6.24. The molecule has 2 aliphatic heterocycles. The Kier molecular flexibility index (Phi) is 5.94. The summed E-state index contributed by atoms with van der Waals surface area (Å²) in [5.74, 6) is 2.45. The van der Waals surface area contributed by atoms with Crippen molar-refractivity contribution < 1.29 is 4.79 Å². The quantitative estimate of drug-likeness (QED) is 0.792. The van der Waals surface area contributed by atoms with Gasteiger partial charge in [0, 0.05) is 37.9 Å². The van der Waals surface area contributed by atoms with Crippen LogP contribution in [0.1, 0.15) is 48.5 Å².